The lowest BCUT2D eigenvalue weighted by Gasteiger charge is -2.19. The van der Waals surface area contributed by atoms with E-state index in [-0.39, 0.29) is 0 Å². The van der Waals surface area contributed by atoms with Gasteiger partial charge in [0, 0.05) is 11.7 Å². The van der Waals surface area contributed by atoms with Crippen LogP contribution < -0.4 is 5.32 Å². The highest BCUT2D eigenvalue weighted by molar-refractivity contribution is 5.57. The molecule has 0 saturated heterocycles. The SMILES string of the molecule is CCCCC(C)Nc1c(C)cccc1CC. The van der Waals surface area contributed by atoms with Gasteiger partial charge in [0.1, 0.15) is 0 Å². The fraction of sp³-hybridized carbons (Fsp3) is 0.600. The summed E-state index contributed by atoms with van der Waals surface area (Å²) >= 11 is 0. The van der Waals surface area contributed by atoms with Gasteiger partial charge in [-0.2, -0.15) is 0 Å². The number of anilines is 1. The minimum absolute atomic E-state index is 0.575. The molecule has 0 amide bonds. The molecular formula is C15H25N. The summed E-state index contributed by atoms with van der Waals surface area (Å²) in [6.45, 7) is 8.93. The van der Waals surface area contributed by atoms with E-state index in [0.717, 1.165) is 6.42 Å². The van der Waals surface area contributed by atoms with Crippen LogP contribution in [0.15, 0.2) is 18.2 Å². The fourth-order valence-corrected chi connectivity index (χ4v) is 2.06. The molecule has 1 rings (SSSR count). The second-order valence-corrected chi connectivity index (χ2v) is 4.65. The molecule has 1 aromatic carbocycles. The van der Waals surface area contributed by atoms with Gasteiger partial charge in [-0.3, -0.25) is 0 Å². The number of unbranched alkanes of at least 4 members (excludes halogenated alkanes) is 1. The first-order valence-corrected chi connectivity index (χ1v) is 6.54. The molecule has 0 aliphatic carbocycles. The van der Waals surface area contributed by atoms with Gasteiger partial charge in [0.2, 0.25) is 0 Å². The first kappa shape index (κ1) is 13.1. The molecule has 0 spiro atoms. The predicted molar refractivity (Wildman–Crippen MR) is 73.2 cm³/mol. The van der Waals surface area contributed by atoms with Gasteiger partial charge in [0.25, 0.3) is 0 Å². The summed E-state index contributed by atoms with van der Waals surface area (Å²) in [5, 5.41) is 3.66. The Morgan fingerprint density at radius 2 is 2.00 bits per heavy atom. The van der Waals surface area contributed by atoms with Crippen LogP contribution in [0.1, 0.15) is 51.2 Å². The average molecular weight is 219 g/mol. The van der Waals surface area contributed by atoms with Gasteiger partial charge >= 0.3 is 0 Å². The second kappa shape index (κ2) is 6.57. The van der Waals surface area contributed by atoms with Crippen molar-refractivity contribution in [1.82, 2.24) is 0 Å². The summed E-state index contributed by atoms with van der Waals surface area (Å²) in [7, 11) is 0. The van der Waals surface area contributed by atoms with Crippen LogP contribution in [0.5, 0.6) is 0 Å². The number of hydrogen-bond donors (Lipinski definition) is 1. The first-order chi connectivity index (χ1) is 7.69. The maximum atomic E-state index is 3.66. The third-order valence-electron chi connectivity index (χ3n) is 3.12. The van der Waals surface area contributed by atoms with E-state index in [4.69, 9.17) is 0 Å². The summed E-state index contributed by atoms with van der Waals surface area (Å²) < 4.78 is 0. The maximum Gasteiger partial charge on any atom is 0.0404 e. The van der Waals surface area contributed by atoms with Crippen LogP contribution in [0.3, 0.4) is 0 Å². The molecule has 1 aromatic rings. The third-order valence-corrected chi connectivity index (χ3v) is 3.12. The molecule has 1 heteroatoms. The van der Waals surface area contributed by atoms with Crippen molar-refractivity contribution >= 4 is 5.69 Å². The van der Waals surface area contributed by atoms with Crippen molar-refractivity contribution < 1.29 is 0 Å². The highest BCUT2D eigenvalue weighted by Gasteiger charge is 2.07. The molecule has 1 nitrogen and oxygen atoms in total. The minimum Gasteiger partial charge on any atom is -0.382 e. The number of rotatable bonds is 6. The lowest BCUT2D eigenvalue weighted by atomic mass is 10.0. The molecule has 1 N–H and O–H groups in total. The zero-order chi connectivity index (χ0) is 12.0. The van der Waals surface area contributed by atoms with Crippen LogP contribution >= 0.6 is 0 Å². The number of nitrogens with one attached hydrogen (secondary N) is 1. The quantitative estimate of drug-likeness (QED) is 0.740. The number of hydrogen-bond acceptors (Lipinski definition) is 1. The van der Waals surface area contributed by atoms with E-state index in [9.17, 15) is 0 Å². The molecule has 0 heterocycles. The van der Waals surface area contributed by atoms with Crippen LogP contribution in [0.25, 0.3) is 0 Å². The molecule has 0 aliphatic heterocycles. The average Bonchev–Trinajstić information content (AvgIpc) is 2.29. The zero-order valence-electron chi connectivity index (χ0n) is 11.1. The summed E-state index contributed by atoms with van der Waals surface area (Å²) in [6.07, 6.45) is 4.94. The van der Waals surface area contributed by atoms with E-state index in [2.05, 4.69) is 51.2 Å². The molecule has 0 fully saturated rings. The Bertz CT molecular complexity index is 317. The summed E-state index contributed by atoms with van der Waals surface area (Å²) in [5.41, 5.74) is 4.15. The smallest absolute Gasteiger partial charge is 0.0404 e. The van der Waals surface area contributed by atoms with Crippen LogP contribution in [-0.4, -0.2) is 6.04 Å². The summed E-state index contributed by atoms with van der Waals surface area (Å²) in [6, 6.07) is 7.14. The van der Waals surface area contributed by atoms with Crippen LogP contribution in [0.4, 0.5) is 5.69 Å². The standard InChI is InChI=1S/C15H25N/c1-5-7-10-13(4)16-15-12(3)9-8-11-14(15)6-2/h8-9,11,13,16H,5-7,10H2,1-4H3. The Labute approximate surface area is 100 Å². The Kier molecular flexibility index (Phi) is 5.37. The van der Waals surface area contributed by atoms with Gasteiger partial charge in [-0.05, 0) is 37.8 Å². The maximum absolute atomic E-state index is 3.66. The van der Waals surface area contributed by atoms with Crippen molar-refractivity contribution in [2.24, 2.45) is 0 Å². The van der Waals surface area contributed by atoms with Crippen molar-refractivity contribution in [3.63, 3.8) is 0 Å². The highest BCUT2D eigenvalue weighted by atomic mass is 14.9. The van der Waals surface area contributed by atoms with E-state index >= 15 is 0 Å². The molecule has 16 heavy (non-hydrogen) atoms. The van der Waals surface area contributed by atoms with Gasteiger partial charge in [-0.15, -0.1) is 0 Å². The summed E-state index contributed by atoms with van der Waals surface area (Å²) in [4.78, 5) is 0. The van der Waals surface area contributed by atoms with Gasteiger partial charge in [0.15, 0.2) is 0 Å². The van der Waals surface area contributed by atoms with Gasteiger partial charge in [-0.1, -0.05) is 44.9 Å². The highest BCUT2D eigenvalue weighted by Crippen LogP contribution is 2.22. The van der Waals surface area contributed by atoms with E-state index in [1.54, 1.807) is 0 Å². The predicted octanol–water partition coefficient (Wildman–Crippen LogP) is 4.55. The molecule has 1 unspecified atom stereocenters. The first-order valence-electron chi connectivity index (χ1n) is 6.54. The zero-order valence-corrected chi connectivity index (χ0v) is 11.1. The van der Waals surface area contributed by atoms with E-state index < -0.39 is 0 Å². The van der Waals surface area contributed by atoms with E-state index in [0.29, 0.717) is 6.04 Å². The van der Waals surface area contributed by atoms with E-state index in [1.165, 1.54) is 36.1 Å². The Hall–Kier alpha value is -0.980. The van der Waals surface area contributed by atoms with Crippen molar-refractivity contribution in [2.75, 3.05) is 5.32 Å². The van der Waals surface area contributed by atoms with Crippen molar-refractivity contribution in [1.29, 1.82) is 0 Å². The summed E-state index contributed by atoms with van der Waals surface area (Å²) in [5.74, 6) is 0. The molecular weight excluding hydrogens is 194 g/mol. The molecule has 90 valence electrons. The van der Waals surface area contributed by atoms with Crippen LogP contribution in [0.2, 0.25) is 0 Å². The molecule has 0 bridgehead atoms. The van der Waals surface area contributed by atoms with Gasteiger partial charge in [0.05, 0.1) is 0 Å². The lowest BCUT2D eigenvalue weighted by molar-refractivity contribution is 0.644. The lowest BCUT2D eigenvalue weighted by Crippen LogP contribution is -2.16. The van der Waals surface area contributed by atoms with Crippen molar-refractivity contribution in [3.05, 3.63) is 29.3 Å². The third kappa shape index (κ3) is 3.55. The molecule has 1 atom stereocenters. The van der Waals surface area contributed by atoms with Crippen molar-refractivity contribution in [3.8, 4) is 0 Å². The number of benzene rings is 1. The molecule has 0 radical (unpaired) electrons. The van der Waals surface area contributed by atoms with Gasteiger partial charge in [-0.25, -0.2) is 0 Å². The number of aryl methyl sites for hydroxylation is 2. The molecule has 0 aliphatic rings. The van der Waals surface area contributed by atoms with Crippen molar-refractivity contribution in [2.45, 2.75) is 59.4 Å². The Morgan fingerprint density at radius 1 is 1.25 bits per heavy atom. The number of para-hydroxylation sites is 1. The van der Waals surface area contributed by atoms with Crippen LogP contribution in [-0.2, 0) is 6.42 Å². The fourth-order valence-electron chi connectivity index (χ4n) is 2.06. The minimum atomic E-state index is 0.575. The largest absolute Gasteiger partial charge is 0.382 e. The molecule has 0 aromatic heterocycles. The normalized spacial score (nSPS) is 12.5. The second-order valence-electron chi connectivity index (χ2n) is 4.65. The molecule has 0 saturated carbocycles. The van der Waals surface area contributed by atoms with Gasteiger partial charge < -0.3 is 5.32 Å². The van der Waals surface area contributed by atoms with Crippen LogP contribution in [0, 0.1) is 6.92 Å². The Morgan fingerprint density at radius 3 is 2.62 bits per heavy atom. The Balaban J connectivity index is 2.71. The monoisotopic (exact) mass is 219 g/mol. The topological polar surface area (TPSA) is 12.0 Å². The van der Waals surface area contributed by atoms with E-state index in [1.807, 2.05) is 0 Å².